The molecular weight excluding hydrogens is 304 g/mol. The van der Waals surface area contributed by atoms with Crippen LogP contribution in [-0.4, -0.2) is 48.9 Å². The van der Waals surface area contributed by atoms with Gasteiger partial charge in [0.25, 0.3) is 5.91 Å². The van der Waals surface area contributed by atoms with Crippen molar-refractivity contribution in [1.82, 2.24) is 10.2 Å². The predicted octanol–water partition coefficient (Wildman–Crippen LogP) is 1.67. The maximum Gasteiger partial charge on any atom is 0.325 e. The van der Waals surface area contributed by atoms with Gasteiger partial charge in [0.15, 0.2) is 0 Å². The molecule has 1 rings (SSSR count). The molecule has 1 aromatic heterocycles. The number of carbonyl (C=O) groups excluding carboxylic acids is 3. The molecule has 0 fully saturated rings. The summed E-state index contributed by atoms with van der Waals surface area (Å²) in [5, 5.41) is 6.38. The second-order valence-electron chi connectivity index (χ2n) is 5.06. The van der Waals surface area contributed by atoms with E-state index in [1.165, 1.54) is 23.3 Å². The van der Waals surface area contributed by atoms with E-state index >= 15 is 0 Å². The van der Waals surface area contributed by atoms with Crippen LogP contribution in [0.15, 0.2) is 16.8 Å². The van der Waals surface area contributed by atoms with Crippen LogP contribution in [0.2, 0.25) is 0 Å². The molecule has 0 aliphatic carbocycles. The normalized spacial score (nSPS) is 10.4. The lowest BCUT2D eigenvalue weighted by molar-refractivity contribution is -0.148. The molecule has 122 valence electrons. The molecule has 0 saturated heterocycles. The summed E-state index contributed by atoms with van der Waals surface area (Å²) in [6, 6.07) is 1.68. The quantitative estimate of drug-likeness (QED) is 0.582. The molecule has 0 aliphatic rings. The number of esters is 1. The highest BCUT2D eigenvalue weighted by atomic mass is 32.1. The van der Waals surface area contributed by atoms with Crippen LogP contribution in [0.5, 0.6) is 0 Å². The molecule has 0 aromatic carbocycles. The number of amides is 2. The summed E-state index contributed by atoms with van der Waals surface area (Å²) < 4.78 is 4.59. The zero-order chi connectivity index (χ0) is 16.5. The van der Waals surface area contributed by atoms with Crippen molar-refractivity contribution in [3.8, 4) is 0 Å². The molecule has 0 bridgehead atoms. The van der Waals surface area contributed by atoms with Gasteiger partial charge in [-0.1, -0.05) is 0 Å². The monoisotopic (exact) mass is 326 g/mol. The summed E-state index contributed by atoms with van der Waals surface area (Å²) in [5.41, 5.74) is 0.630. The molecule has 22 heavy (non-hydrogen) atoms. The molecule has 0 aliphatic heterocycles. The number of rotatable bonds is 8. The summed E-state index contributed by atoms with van der Waals surface area (Å²) >= 11 is 1.46. The molecule has 2 amide bonds. The van der Waals surface area contributed by atoms with Gasteiger partial charge in [-0.15, -0.1) is 0 Å². The Hall–Kier alpha value is -1.89. The molecule has 0 saturated carbocycles. The van der Waals surface area contributed by atoms with Gasteiger partial charge in [0, 0.05) is 30.0 Å². The number of ether oxygens (including phenoxy) is 1. The average molecular weight is 326 g/mol. The van der Waals surface area contributed by atoms with E-state index in [1.807, 2.05) is 19.2 Å². The van der Waals surface area contributed by atoms with E-state index < -0.39 is 5.97 Å². The van der Waals surface area contributed by atoms with Crippen molar-refractivity contribution in [3.05, 3.63) is 22.4 Å². The summed E-state index contributed by atoms with van der Waals surface area (Å²) in [7, 11) is 1.30. The predicted molar refractivity (Wildman–Crippen MR) is 84.8 cm³/mol. The zero-order valence-electron chi connectivity index (χ0n) is 13.1. The summed E-state index contributed by atoms with van der Waals surface area (Å²) in [6.45, 7) is 4.07. The molecule has 0 spiro atoms. The minimum atomic E-state index is -0.437. The molecule has 1 heterocycles. The first-order chi connectivity index (χ1) is 10.5. The van der Waals surface area contributed by atoms with Gasteiger partial charge in [0.2, 0.25) is 5.91 Å². The molecule has 7 heteroatoms. The van der Waals surface area contributed by atoms with Gasteiger partial charge in [0.1, 0.15) is 6.54 Å². The minimum absolute atomic E-state index is 0.0474. The fraction of sp³-hybridized carbons (Fsp3) is 0.533. The molecule has 0 unspecified atom stereocenters. The van der Waals surface area contributed by atoms with Gasteiger partial charge in [0.05, 0.1) is 7.11 Å². The Morgan fingerprint density at radius 1 is 1.36 bits per heavy atom. The number of hydrogen-bond acceptors (Lipinski definition) is 5. The largest absolute Gasteiger partial charge is 0.468 e. The van der Waals surface area contributed by atoms with Crippen LogP contribution in [-0.2, 0) is 14.3 Å². The van der Waals surface area contributed by atoms with Crippen molar-refractivity contribution < 1.29 is 19.1 Å². The molecule has 1 N–H and O–H groups in total. The van der Waals surface area contributed by atoms with Gasteiger partial charge in [-0.25, -0.2) is 0 Å². The standard InChI is InChI=1S/C15H22N2O4S/c1-11(2)17(9-14(19)21-3)13(18)5-4-7-16-15(20)12-6-8-22-10-12/h6,8,10-11H,4-5,7,9H2,1-3H3,(H,16,20). The van der Waals surface area contributed by atoms with Crippen LogP contribution in [0, 0.1) is 0 Å². The Balaban J connectivity index is 2.34. The Morgan fingerprint density at radius 3 is 2.64 bits per heavy atom. The van der Waals surface area contributed by atoms with Gasteiger partial charge in [-0.2, -0.15) is 11.3 Å². The van der Waals surface area contributed by atoms with E-state index in [0.717, 1.165) is 0 Å². The fourth-order valence-corrected chi connectivity index (χ4v) is 2.48. The number of methoxy groups -OCH3 is 1. The minimum Gasteiger partial charge on any atom is -0.468 e. The highest BCUT2D eigenvalue weighted by Crippen LogP contribution is 2.06. The lowest BCUT2D eigenvalue weighted by atomic mass is 10.2. The maximum absolute atomic E-state index is 12.1. The molecule has 0 atom stereocenters. The lowest BCUT2D eigenvalue weighted by Crippen LogP contribution is -2.41. The molecule has 1 aromatic rings. The second-order valence-corrected chi connectivity index (χ2v) is 5.84. The van der Waals surface area contributed by atoms with E-state index in [-0.39, 0.29) is 30.8 Å². The summed E-state index contributed by atoms with van der Waals surface area (Å²) in [6.07, 6.45) is 0.804. The highest BCUT2D eigenvalue weighted by Gasteiger charge is 2.20. The van der Waals surface area contributed by atoms with Crippen molar-refractivity contribution in [3.63, 3.8) is 0 Å². The SMILES string of the molecule is COC(=O)CN(C(=O)CCCNC(=O)c1ccsc1)C(C)C. The first kappa shape index (κ1) is 18.2. The Morgan fingerprint density at radius 2 is 2.09 bits per heavy atom. The first-order valence-corrected chi connectivity index (χ1v) is 8.06. The van der Waals surface area contributed by atoms with Crippen LogP contribution in [0.3, 0.4) is 0 Å². The van der Waals surface area contributed by atoms with E-state index in [2.05, 4.69) is 10.1 Å². The van der Waals surface area contributed by atoms with Crippen LogP contribution < -0.4 is 5.32 Å². The van der Waals surface area contributed by atoms with Crippen molar-refractivity contribution in [1.29, 1.82) is 0 Å². The van der Waals surface area contributed by atoms with Crippen LogP contribution in [0.1, 0.15) is 37.0 Å². The Bertz CT molecular complexity index is 500. The van der Waals surface area contributed by atoms with Crippen molar-refractivity contribution in [2.75, 3.05) is 20.2 Å². The van der Waals surface area contributed by atoms with Gasteiger partial charge < -0.3 is 15.0 Å². The number of thiophene rings is 1. The zero-order valence-corrected chi connectivity index (χ0v) is 13.9. The van der Waals surface area contributed by atoms with Crippen molar-refractivity contribution >= 4 is 29.1 Å². The third-order valence-corrected chi connectivity index (χ3v) is 3.79. The van der Waals surface area contributed by atoms with Gasteiger partial charge in [-0.05, 0) is 31.7 Å². The average Bonchev–Trinajstić information content (AvgIpc) is 3.02. The van der Waals surface area contributed by atoms with Crippen molar-refractivity contribution in [2.45, 2.75) is 32.7 Å². The van der Waals surface area contributed by atoms with Crippen LogP contribution >= 0.6 is 11.3 Å². The van der Waals surface area contributed by atoms with E-state index in [0.29, 0.717) is 18.5 Å². The molecule has 0 radical (unpaired) electrons. The summed E-state index contributed by atoms with van der Waals surface area (Å²) in [4.78, 5) is 36.6. The third kappa shape index (κ3) is 5.85. The van der Waals surface area contributed by atoms with E-state index in [9.17, 15) is 14.4 Å². The first-order valence-electron chi connectivity index (χ1n) is 7.12. The second kappa shape index (κ2) is 9.19. The van der Waals surface area contributed by atoms with Crippen LogP contribution in [0.25, 0.3) is 0 Å². The fourth-order valence-electron chi connectivity index (χ4n) is 1.84. The lowest BCUT2D eigenvalue weighted by Gasteiger charge is -2.25. The number of carbonyl (C=O) groups is 3. The third-order valence-electron chi connectivity index (χ3n) is 3.11. The number of nitrogens with one attached hydrogen (secondary N) is 1. The van der Waals surface area contributed by atoms with E-state index in [4.69, 9.17) is 0 Å². The smallest absolute Gasteiger partial charge is 0.325 e. The number of nitrogens with zero attached hydrogens (tertiary/aromatic N) is 1. The van der Waals surface area contributed by atoms with Crippen LogP contribution in [0.4, 0.5) is 0 Å². The Kier molecular flexibility index (Phi) is 7.59. The van der Waals surface area contributed by atoms with E-state index in [1.54, 1.807) is 11.4 Å². The summed E-state index contributed by atoms with van der Waals surface area (Å²) in [5.74, 6) is -0.693. The van der Waals surface area contributed by atoms with Gasteiger partial charge in [-0.3, -0.25) is 14.4 Å². The molecule has 6 nitrogen and oxygen atoms in total. The topological polar surface area (TPSA) is 75.7 Å². The highest BCUT2D eigenvalue weighted by molar-refractivity contribution is 7.08. The van der Waals surface area contributed by atoms with Crippen molar-refractivity contribution in [2.24, 2.45) is 0 Å². The molecular formula is C15H22N2O4S. The van der Waals surface area contributed by atoms with Gasteiger partial charge >= 0.3 is 5.97 Å². The number of hydrogen-bond donors (Lipinski definition) is 1. The Labute approximate surface area is 134 Å². The maximum atomic E-state index is 12.1.